The predicted molar refractivity (Wildman–Crippen MR) is 91.0 cm³/mol. The van der Waals surface area contributed by atoms with Gasteiger partial charge in [0.15, 0.2) is 5.82 Å². The molecule has 1 N–H and O–H groups in total. The minimum atomic E-state index is -4.35. The fourth-order valence-corrected chi connectivity index (χ4v) is 2.39. The molecular weight excluding hydrogens is 327 g/mol. The first kappa shape index (κ1) is 17.0. The smallest absolute Gasteiger partial charge is 0.366 e. The Morgan fingerprint density at radius 3 is 2.48 bits per heavy atom. The number of halogens is 3. The third-order valence-electron chi connectivity index (χ3n) is 3.72. The van der Waals surface area contributed by atoms with Gasteiger partial charge in [-0.25, -0.2) is 9.97 Å². The zero-order chi connectivity index (χ0) is 17.9. The molecule has 0 bridgehead atoms. The second-order valence-electron chi connectivity index (χ2n) is 5.64. The minimum Gasteiger partial charge on any atom is -0.366 e. The molecule has 1 heterocycles. The Labute approximate surface area is 143 Å². The van der Waals surface area contributed by atoms with Crippen LogP contribution in [0.15, 0.2) is 60.8 Å². The van der Waals surface area contributed by atoms with Gasteiger partial charge in [0.2, 0.25) is 0 Å². The fourth-order valence-electron chi connectivity index (χ4n) is 2.39. The molecule has 0 aliphatic heterocycles. The lowest BCUT2D eigenvalue weighted by Gasteiger charge is -2.12. The Hall–Kier alpha value is -2.89. The van der Waals surface area contributed by atoms with Crippen LogP contribution in [0.3, 0.4) is 0 Å². The van der Waals surface area contributed by atoms with Crippen LogP contribution >= 0.6 is 0 Å². The van der Waals surface area contributed by atoms with Gasteiger partial charge in [0.05, 0.1) is 5.56 Å². The summed E-state index contributed by atoms with van der Waals surface area (Å²) < 4.78 is 38.4. The summed E-state index contributed by atoms with van der Waals surface area (Å²) in [7, 11) is 0. The average molecular weight is 343 g/mol. The van der Waals surface area contributed by atoms with E-state index in [4.69, 9.17) is 0 Å². The van der Waals surface area contributed by atoms with E-state index in [2.05, 4.69) is 15.3 Å². The Balaban J connectivity index is 1.80. The van der Waals surface area contributed by atoms with Gasteiger partial charge in [0.1, 0.15) is 5.82 Å². The molecule has 3 aromatic rings. The predicted octanol–water partition coefficient (Wildman–Crippen LogP) is 5.08. The summed E-state index contributed by atoms with van der Waals surface area (Å²) in [5.41, 5.74) is 1.58. The molecular formula is C19H16F3N3. The summed E-state index contributed by atoms with van der Waals surface area (Å²) in [6.45, 7) is 2.10. The fraction of sp³-hybridized carbons (Fsp3) is 0.158. The van der Waals surface area contributed by atoms with Crippen molar-refractivity contribution in [2.75, 3.05) is 5.32 Å². The molecule has 25 heavy (non-hydrogen) atoms. The van der Waals surface area contributed by atoms with Crippen molar-refractivity contribution >= 4 is 5.82 Å². The van der Waals surface area contributed by atoms with Gasteiger partial charge in [-0.1, -0.05) is 42.5 Å². The quantitative estimate of drug-likeness (QED) is 0.717. The Morgan fingerprint density at radius 1 is 1.00 bits per heavy atom. The molecule has 0 aliphatic rings. The highest BCUT2D eigenvalue weighted by Gasteiger charge is 2.30. The summed E-state index contributed by atoms with van der Waals surface area (Å²) in [5.74, 6) is 1.17. The first-order valence-electron chi connectivity index (χ1n) is 7.72. The standard InChI is InChI=1S/C19H16F3N3/c1-13-11-23-18(15-7-3-2-4-8-15)25-17(13)24-12-14-6-5-9-16(10-14)19(20,21)22/h2-11H,12H2,1H3,(H,23,24,25). The average Bonchev–Trinajstić information content (AvgIpc) is 2.61. The molecule has 0 saturated heterocycles. The normalized spacial score (nSPS) is 11.4. The van der Waals surface area contributed by atoms with Crippen molar-refractivity contribution in [1.29, 1.82) is 0 Å². The van der Waals surface area contributed by atoms with E-state index in [0.29, 0.717) is 17.2 Å². The van der Waals surface area contributed by atoms with Crippen molar-refractivity contribution in [3.8, 4) is 11.4 Å². The van der Waals surface area contributed by atoms with Crippen LogP contribution in [0.1, 0.15) is 16.7 Å². The molecule has 0 aliphatic carbocycles. The van der Waals surface area contributed by atoms with E-state index < -0.39 is 11.7 Å². The molecule has 128 valence electrons. The number of hydrogen-bond donors (Lipinski definition) is 1. The van der Waals surface area contributed by atoms with Crippen molar-refractivity contribution in [2.45, 2.75) is 19.6 Å². The van der Waals surface area contributed by atoms with Crippen molar-refractivity contribution < 1.29 is 13.2 Å². The largest absolute Gasteiger partial charge is 0.416 e. The summed E-state index contributed by atoms with van der Waals surface area (Å²) in [6.07, 6.45) is -2.65. The molecule has 0 fully saturated rings. The highest BCUT2D eigenvalue weighted by atomic mass is 19.4. The lowest BCUT2D eigenvalue weighted by molar-refractivity contribution is -0.137. The number of nitrogens with one attached hydrogen (secondary N) is 1. The van der Waals surface area contributed by atoms with E-state index in [-0.39, 0.29) is 6.54 Å². The van der Waals surface area contributed by atoms with E-state index in [1.54, 1.807) is 12.3 Å². The van der Waals surface area contributed by atoms with Crippen LogP contribution in [0, 0.1) is 6.92 Å². The van der Waals surface area contributed by atoms with Crippen LogP contribution in [-0.4, -0.2) is 9.97 Å². The van der Waals surface area contributed by atoms with Crippen molar-refractivity contribution in [3.63, 3.8) is 0 Å². The Kier molecular flexibility index (Phi) is 4.70. The van der Waals surface area contributed by atoms with Crippen LogP contribution < -0.4 is 5.32 Å². The van der Waals surface area contributed by atoms with Crippen molar-refractivity contribution in [3.05, 3.63) is 77.5 Å². The molecule has 0 saturated carbocycles. The third kappa shape index (κ3) is 4.15. The number of hydrogen-bond acceptors (Lipinski definition) is 3. The maximum atomic E-state index is 12.8. The van der Waals surface area contributed by atoms with Crippen LogP contribution in [0.25, 0.3) is 11.4 Å². The van der Waals surface area contributed by atoms with Crippen molar-refractivity contribution in [2.24, 2.45) is 0 Å². The van der Waals surface area contributed by atoms with Gasteiger partial charge in [-0.3, -0.25) is 0 Å². The lowest BCUT2D eigenvalue weighted by atomic mass is 10.1. The number of anilines is 1. The van der Waals surface area contributed by atoms with Crippen LogP contribution in [-0.2, 0) is 12.7 Å². The number of aryl methyl sites for hydroxylation is 1. The molecule has 0 atom stereocenters. The van der Waals surface area contributed by atoms with Gasteiger partial charge < -0.3 is 5.32 Å². The minimum absolute atomic E-state index is 0.246. The van der Waals surface area contributed by atoms with E-state index in [1.807, 2.05) is 37.3 Å². The zero-order valence-corrected chi connectivity index (χ0v) is 13.5. The molecule has 3 rings (SSSR count). The molecule has 6 heteroatoms. The number of aromatic nitrogens is 2. The number of alkyl halides is 3. The topological polar surface area (TPSA) is 37.8 Å². The van der Waals surface area contributed by atoms with Gasteiger partial charge in [0, 0.05) is 23.9 Å². The van der Waals surface area contributed by atoms with Gasteiger partial charge in [-0.15, -0.1) is 0 Å². The summed E-state index contributed by atoms with van der Waals surface area (Å²) in [6, 6.07) is 14.8. The van der Waals surface area contributed by atoms with E-state index in [1.165, 1.54) is 6.07 Å². The number of nitrogens with zero attached hydrogens (tertiary/aromatic N) is 2. The third-order valence-corrected chi connectivity index (χ3v) is 3.72. The SMILES string of the molecule is Cc1cnc(-c2ccccc2)nc1NCc1cccc(C(F)(F)F)c1. The van der Waals surface area contributed by atoms with Gasteiger partial charge in [0.25, 0.3) is 0 Å². The monoisotopic (exact) mass is 343 g/mol. The number of rotatable bonds is 4. The van der Waals surface area contributed by atoms with Gasteiger partial charge in [-0.2, -0.15) is 13.2 Å². The maximum Gasteiger partial charge on any atom is 0.416 e. The molecule has 0 amide bonds. The van der Waals surface area contributed by atoms with Gasteiger partial charge in [-0.05, 0) is 24.6 Å². The second kappa shape index (κ2) is 6.93. The van der Waals surface area contributed by atoms with Crippen LogP contribution in [0.2, 0.25) is 0 Å². The summed E-state index contributed by atoms with van der Waals surface area (Å²) in [4.78, 5) is 8.80. The van der Waals surface area contributed by atoms with Crippen molar-refractivity contribution in [1.82, 2.24) is 9.97 Å². The Bertz CT molecular complexity index is 861. The summed E-state index contributed by atoms with van der Waals surface area (Å²) >= 11 is 0. The van der Waals surface area contributed by atoms with Crippen LogP contribution in [0.5, 0.6) is 0 Å². The Morgan fingerprint density at radius 2 is 1.76 bits per heavy atom. The maximum absolute atomic E-state index is 12.8. The second-order valence-corrected chi connectivity index (χ2v) is 5.64. The molecule has 2 aromatic carbocycles. The molecule has 0 spiro atoms. The van der Waals surface area contributed by atoms with E-state index in [9.17, 15) is 13.2 Å². The molecule has 3 nitrogen and oxygen atoms in total. The van der Waals surface area contributed by atoms with E-state index >= 15 is 0 Å². The first-order chi connectivity index (χ1) is 11.9. The molecule has 0 radical (unpaired) electrons. The number of benzene rings is 2. The van der Waals surface area contributed by atoms with E-state index in [0.717, 1.165) is 23.3 Å². The summed E-state index contributed by atoms with van der Waals surface area (Å²) in [5, 5.41) is 3.10. The lowest BCUT2D eigenvalue weighted by Crippen LogP contribution is -2.08. The highest BCUT2D eigenvalue weighted by Crippen LogP contribution is 2.29. The van der Waals surface area contributed by atoms with Gasteiger partial charge >= 0.3 is 6.18 Å². The highest BCUT2D eigenvalue weighted by molar-refractivity contribution is 5.58. The van der Waals surface area contributed by atoms with Crippen LogP contribution in [0.4, 0.5) is 19.0 Å². The first-order valence-corrected chi connectivity index (χ1v) is 7.72. The molecule has 1 aromatic heterocycles. The zero-order valence-electron chi connectivity index (χ0n) is 13.5. The molecule has 0 unspecified atom stereocenters.